The molecule has 4 atom stereocenters. The van der Waals surface area contributed by atoms with Crippen LogP contribution in [0.15, 0.2) is 85.5 Å². The van der Waals surface area contributed by atoms with Gasteiger partial charge in [-0.25, -0.2) is 4.79 Å². The van der Waals surface area contributed by atoms with E-state index in [9.17, 15) is 14.7 Å². The van der Waals surface area contributed by atoms with Gasteiger partial charge in [0.05, 0.1) is 25.4 Å². The third-order valence-corrected chi connectivity index (χ3v) is 7.63. The molecular weight excluding hydrogens is 558 g/mol. The highest BCUT2D eigenvalue weighted by molar-refractivity contribution is 5.80. The van der Waals surface area contributed by atoms with E-state index >= 15 is 0 Å². The van der Waals surface area contributed by atoms with Crippen molar-refractivity contribution in [3.8, 4) is 11.1 Å². The molecule has 9 heteroatoms. The van der Waals surface area contributed by atoms with Crippen molar-refractivity contribution in [2.24, 2.45) is 5.92 Å². The summed E-state index contributed by atoms with van der Waals surface area (Å²) in [5, 5.41) is 14.8. The first kappa shape index (κ1) is 32.9. The van der Waals surface area contributed by atoms with Crippen molar-refractivity contribution in [1.82, 2.24) is 15.5 Å². The number of urea groups is 1. The summed E-state index contributed by atoms with van der Waals surface area (Å²) in [7, 11) is 2.06. The Kier molecular flexibility index (Phi) is 12.1. The first-order valence-corrected chi connectivity index (χ1v) is 15.0. The van der Waals surface area contributed by atoms with Gasteiger partial charge in [0.15, 0.2) is 6.29 Å². The van der Waals surface area contributed by atoms with Crippen molar-refractivity contribution in [2.45, 2.75) is 45.5 Å². The zero-order valence-corrected chi connectivity index (χ0v) is 25.7. The quantitative estimate of drug-likeness (QED) is 0.184. The summed E-state index contributed by atoms with van der Waals surface area (Å²) >= 11 is 0. The summed E-state index contributed by atoms with van der Waals surface area (Å²) < 4.78 is 18.1. The Labute approximate surface area is 259 Å². The fourth-order valence-electron chi connectivity index (χ4n) is 5.27. The number of amides is 2. The molecule has 9 nitrogen and oxygen atoms in total. The van der Waals surface area contributed by atoms with Crippen LogP contribution in [0, 0.1) is 5.92 Å². The van der Waals surface area contributed by atoms with Crippen LogP contribution in [0.25, 0.3) is 11.1 Å². The Balaban J connectivity index is 1.51. The van der Waals surface area contributed by atoms with Gasteiger partial charge in [-0.15, -0.1) is 6.58 Å². The summed E-state index contributed by atoms with van der Waals surface area (Å²) in [4.78, 5) is 25.8. The van der Waals surface area contributed by atoms with E-state index in [0.717, 1.165) is 46.5 Å². The van der Waals surface area contributed by atoms with Gasteiger partial charge in [-0.2, -0.15) is 0 Å². The zero-order valence-electron chi connectivity index (χ0n) is 25.7. The van der Waals surface area contributed by atoms with E-state index in [2.05, 4.69) is 42.2 Å². The van der Waals surface area contributed by atoms with E-state index in [4.69, 9.17) is 14.2 Å². The van der Waals surface area contributed by atoms with Crippen LogP contribution in [0.1, 0.15) is 48.5 Å². The van der Waals surface area contributed by atoms with Gasteiger partial charge in [0.25, 0.3) is 0 Å². The molecule has 44 heavy (non-hydrogen) atoms. The van der Waals surface area contributed by atoms with E-state index in [0.29, 0.717) is 6.54 Å². The number of aliphatic hydroxyl groups is 1. The van der Waals surface area contributed by atoms with Gasteiger partial charge in [-0.1, -0.05) is 73.7 Å². The number of nitrogens with one attached hydrogen (secondary N) is 2. The third-order valence-electron chi connectivity index (χ3n) is 7.63. The zero-order chi connectivity index (χ0) is 31.5. The van der Waals surface area contributed by atoms with E-state index in [-0.39, 0.29) is 37.9 Å². The molecule has 1 aliphatic heterocycles. The molecule has 1 saturated heterocycles. The molecule has 1 aliphatic rings. The smallest absolute Gasteiger partial charge is 0.325 e. The van der Waals surface area contributed by atoms with E-state index in [1.165, 1.54) is 0 Å². The molecule has 234 valence electrons. The largest absolute Gasteiger partial charge is 0.465 e. The average molecular weight is 602 g/mol. The van der Waals surface area contributed by atoms with Gasteiger partial charge >= 0.3 is 12.0 Å². The number of carbonyl (C=O) groups is 2. The summed E-state index contributed by atoms with van der Waals surface area (Å²) in [5.74, 6) is -0.397. The lowest BCUT2D eigenvalue weighted by Crippen LogP contribution is -2.43. The molecule has 1 fully saturated rings. The van der Waals surface area contributed by atoms with Crippen molar-refractivity contribution >= 4 is 12.0 Å². The Morgan fingerprint density at radius 3 is 2.41 bits per heavy atom. The van der Waals surface area contributed by atoms with E-state index in [1.807, 2.05) is 72.8 Å². The molecule has 0 aromatic heterocycles. The number of benzene rings is 3. The van der Waals surface area contributed by atoms with Gasteiger partial charge in [-0.3, -0.25) is 4.79 Å². The first-order chi connectivity index (χ1) is 21.3. The summed E-state index contributed by atoms with van der Waals surface area (Å²) in [6.45, 7) is 9.59. The van der Waals surface area contributed by atoms with Crippen molar-refractivity contribution in [1.29, 1.82) is 0 Å². The molecule has 0 saturated carbocycles. The lowest BCUT2D eigenvalue weighted by molar-refractivity contribution is -0.275. The standard InChI is InChI=1S/C35H43N3O6/c1-5-17-38(4)22-31-24(3)33(27-15-13-25(23-39)14-16-27)44-34(43-31)30-12-8-11-29(19-30)28-10-7-9-26(18-28)20-36-35(41)37-21-32(40)42-6-2/h5,7-16,18-19,24,31,33-34,39H,1,6,17,20-23H2,2-4H3,(H2,36,37,41)/t24-,31+,33+,34+/m1/s1. The lowest BCUT2D eigenvalue weighted by Gasteiger charge is -2.42. The van der Waals surface area contributed by atoms with Gasteiger partial charge in [0, 0.05) is 31.1 Å². The monoisotopic (exact) mass is 601 g/mol. The molecule has 0 unspecified atom stereocenters. The van der Waals surface area contributed by atoms with Crippen molar-refractivity contribution in [2.75, 3.05) is 33.3 Å². The highest BCUT2D eigenvalue weighted by Gasteiger charge is 2.38. The molecule has 2 amide bonds. The average Bonchev–Trinajstić information content (AvgIpc) is 3.04. The van der Waals surface area contributed by atoms with Crippen molar-refractivity contribution in [3.63, 3.8) is 0 Å². The second-order valence-corrected chi connectivity index (χ2v) is 11.0. The number of nitrogens with zero attached hydrogens (tertiary/aromatic N) is 1. The fraction of sp³-hybridized carbons (Fsp3) is 0.371. The molecular formula is C35H43N3O6. The lowest BCUT2D eigenvalue weighted by atomic mass is 9.90. The third kappa shape index (κ3) is 9.00. The number of hydrogen-bond donors (Lipinski definition) is 3. The molecule has 4 rings (SSSR count). The minimum absolute atomic E-state index is 0.00516. The summed E-state index contributed by atoms with van der Waals surface area (Å²) in [5.41, 5.74) is 5.70. The predicted octanol–water partition coefficient (Wildman–Crippen LogP) is 5.12. The molecule has 1 heterocycles. The fourth-order valence-corrected chi connectivity index (χ4v) is 5.27. The van der Waals surface area contributed by atoms with Crippen LogP contribution in [0.4, 0.5) is 4.79 Å². The molecule has 3 aromatic rings. The van der Waals surface area contributed by atoms with Crippen LogP contribution in [0.5, 0.6) is 0 Å². The molecule has 3 N–H and O–H groups in total. The first-order valence-electron chi connectivity index (χ1n) is 15.0. The predicted molar refractivity (Wildman–Crippen MR) is 169 cm³/mol. The summed E-state index contributed by atoms with van der Waals surface area (Å²) in [6.07, 6.45) is 1.02. The summed E-state index contributed by atoms with van der Waals surface area (Å²) in [6, 6.07) is 23.5. The number of carbonyl (C=O) groups excluding carboxylic acids is 2. The maximum atomic E-state index is 12.1. The van der Waals surface area contributed by atoms with Crippen LogP contribution in [0.3, 0.4) is 0 Å². The number of rotatable bonds is 13. The Morgan fingerprint density at radius 2 is 1.70 bits per heavy atom. The highest BCUT2D eigenvalue weighted by Crippen LogP contribution is 2.42. The van der Waals surface area contributed by atoms with Crippen molar-refractivity contribution in [3.05, 3.63) is 108 Å². The second-order valence-electron chi connectivity index (χ2n) is 11.0. The number of ether oxygens (including phenoxy) is 3. The minimum Gasteiger partial charge on any atom is -0.465 e. The number of hydrogen-bond acceptors (Lipinski definition) is 7. The molecule has 0 aliphatic carbocycles. The maximum absolute atomic E-state index is 12.1. The number of likely N-dealkylation sites (N-methyl/N-ethyl adjacent to an activating group) is 1. The molecule has 0 radical (unpaired) electrons. The normalized spacial score (nSPS) is 19.8. The van der Waals surface area contributed by atoms with Crippen LogP contribution in [-0.4, -0.2) is 61.4 Å². The van der Waals surface area contributed by atoms with Crippen molar-refractivity contribution < 1.29 is 28.9 Å². The van der Waals surface area contributed by atoms with Crippen LogP contribution < -0.4 is 10.6 Å². The Morgan fingerprint density at radius 1 is 0.977 bits per heavy atom. The number of aliphatic hydroxyl groups excluding tert-OH is 1. The second kappa shape index (κ2) is 16.2. The molecule has 0 bridgehead atoms. The minimum atomic E-state index is -0.580. The van der Waals surface area contributed by atoms with Gasteiger partial charge < -0.3 is 34.9 Å². The topological polar surface area (TPSA) is 109 Å². The van der Waals surface area contributed by atoms with Crippen LogP contribution in [-0.2, 0) is 32.2 Å². The van der Waals surface area contributed by atoms with Gasteiger partial charge in [0.2, 0.25) is 0 Å². The van der Waals surface area contributed by atoms with E-state index < -0.39 is 18.3 Å². The Hall–Kier alpha value is -4.02. The maximum Gasteiger partial charge on any atom is 0.325 e. The highest BCUT2D eigenvalue weighted by atomic mass is 16.7. The molecule has 3 aromatic carbocycles. The van der Waals surface area contributed by atoms with Gasteiger partial charge in [-0.05, 0) is 53.9 Å². The van der Waals surface area contributed by atoms with E-state index in [1.54, 1.807) is 6.92 Å². The SMILES string of the molecule is C=CCN(C)C[C@@H]1O[C@H](c2cccc(-c3cccc(CNC(=O)NCC(=O)OCC)c3)c2)O[C@H](c2ccc(CO)cc2)[C@@H]1C. The number of esters is 1. The van der Waals surface area contributed by atoms with Gasteiger partial charge in [0.1, 0.15) is 6.54 Å². The van der Waals surface area contributed by atoms with Crippen LogP contribution >= 0.6 is 0 Å². The Bertz CT molecular complexity index is 1400. The molecule has 0 spiro atoms. The van der Waals surface area contributed by atoms with Crippen LogP contribution in [0.2, 0.25) is 0 Å².